The molecule has 4 aliphatic carbocycles. The quantitative estimate of drug-likeness (QED) is 0.903. The Bertz CT molecular complexity index is 892. The Morgan fingerprint density at radius 3 is 2.54 bits per heavy atom. The molecule has 2 aromatic rings. The van der Waals surface area contributed by atoms with Crippen LogP contribution >= 0.6 is 0 Å². The molecule has 0 atom stereocenters. The molecule has 26 heavy (non-hydrogen) atoms. The van der Waals surface area contributed by atoms with Crippen molar-refractivity contribution in [2.45, 2.75) is 57.0 Å². The van der Waals surface area contributed by atoms with Gasteiger partial charge < -0.3 is 5.32 Å². The van der Waals surface area contributed by atoms with E-state index in [0.29, 0.717) is 24.0 Å². The van der Waals surface area contributed by atoms with Crippen molar-refractivity contribution < 1.29 is 4.79 Å². The van der Waals surface area contributed by atoms with Crippen LogP contribution in [0.3, 0.4) is 0 Å². The molecule has 0 radical (unpaired) electrons. The van der Waals surface area contributed by atoms with Crippen molar-refractivity contribution >= 4 is 16.9 Å². The molecule has 0 spiro atoms. The highest BCUT2D eigenvalue weighted by molar-refractivity contribution is 5.77. The van der Waals surface area contributed by atoms with Crippen molar-refractivity contribution in [2.24, 2.45) is 24.8 Å². The molecule has 0 aromatic carbocycles. The lowest BCUT2D eigenvalue weighted by Gasteiger charge is -2.56. The fourth-order valence-electron chi connectivity index (χ4n) is 6.07. The molecule has 7 heteroatoms. The second-order valence-electron chi connectivity index (χ2n) is 8.74. The number of amides is 1. The average molecular weight is 355 g/mol. The van der Waals surface area contributed by atoms with Crippen LogP contribution in [0.15, 0.2) is 17.3 Å². The molecule has 4 bridgehead atoms. The first-order chi connectivity index (χ1) is 12.5. The maximum Gasteiger partial charge on any atom is 0.264 e. The molecule has 138 valence electrons. The van der Waals surface area contributed by atoms with E-state index < -0.39 is 0 Å². The van der Waals surface area contributed by atoms with Crippen molar-refractivity contribution in [1.29, 1.82) is 0 Å². The molecule has 2 heterocycles. The van der Waals surface area contributed by atoms with E-state index in [9.17, 15) is 9.59 Å². The van der Waals surface area contributed by atoms with Gasteiger partial charge in [-0.15, -0.1) is 0 Å². The van der Waals surface area contributed by atoms with Gasteiger partial charge in [-0.1, -0.05) is 0 Å². The van der Waals surface area contributed by atoms with Gasteiger partial charge in [0.2, 0.25) is 5.91 Å². The van der Waals surface area contributed by atoms with Crippen LogP contribution in [0, 0.1) is 17.8 Å². The number of carbonyl (C=O) groups excluding carboxylic acids is 1. The smallest absolute Gasteiger partial charge is 0.264 e. The van der Waals surface area contributed by atoms with Gasteiger partial charge in [-0.2, -0.15) is 5.10 Å². The first-order valence-corrected chi connectivity index (χ1v) is 9.69. The van der Waals surface area contributed by atoms with E-state index >= 15 is 0 Å². The lowest BCUT2D eigenvalue weighted by molar-refractivity contribution is -0.127. The van der Waals surface area contributed by atoms with Crippen LogP contribution in [-0.4, -0.2) is 30.8 Å². The largest absolute Gasteiger partial charge is 0.351 e. The number of hydrogen-bond acceptors (Lipinski definition) is 4. The van der Waals surface area contributed by atoms with Crippen molar-refractivity contribution in [3.63, 3.8) is 0 Å². The van der Waals surface area contributed by atoms with Crippen molar-refractivity contribution in [3.05, 3.63) is 22.9 Å². The normalized spacial score (nSPS) is 32.3. The lowest BCUT2D eigenvalue weighted by Crippen LogP contribution is -2.59. The average Bonchev–Trinajstić information content (AvgIpc) is 2.94. The van der Waals surface area contributed by atoms with E-state index in [1.54, 1.807) is 11.7 Å². The van der Waals surface area contributed by atoms with Crippen molar-refractivity contribution in [1.82, 2.24) is 24.6 Å². The van der Waals surface area contributed by atoms with Gasteiger partial charge in [0.25, 0.3) is 5.56 Å². The van der Waals surface area contributed by atoms with Crippen LogP contribution in [-0.2, 0) is 18.4 Å². The van der Waals surface area contributed by atoms with E-state index in [-0.39, 0.29) is 17.0 Å². The molecule has 0 aliphatic heterocycles. The van der Waals surface area contributed by atoms with Gasteiger partial charge in [0, 0.05) is 25.6 Å². The summed E-state index contributed by atoms with van der Waals surface area (Å²) in [4.78, 5) is 29.4. The summed E-state index contributed by atoms with van der Waals surface area (Å²) in [5, 5.41) is 7.94. The van der Waals surface area contributed by atoms with Crippen LogP contribution in [0.5, 0.6) is 0 Å². The van der Waals surface area contributed by atoms with Gasteiger partial charge in [-0.3, -0.25) is 18.8 Å². The molecule has 4 aliphatic rings. The van der Waals surface area contributed by atoms with E-state index in [4.69, 9.17) is 0 Å². The highest BCUT2D eigenvalue weighted by Gasteiger charge is 2.51. The molecule has 1 N–H and O–H groups in total. The second-order valence-corrected chi connectivity index (χ2v) is 8.74. The zero-order valence-electron chi connectivity index (χ0n) is 15.1. The van der Waals surface area contributed by atoms with Crippen LogP contribution in [0.4, 0.5) is 0 Å². The first kappa shape index (κ1) is 16.0. The number of rotatable bonds is 4. The SMILES string of the molecule is Cn1ncc2c(=O)n(CCC(=O)NC34CC5CC(CC(C5)C3)C4)cnc21. The van der Waals surface area contributed by atoms with E-state index in [2.05, 4.69) is 15.4 Å². The number of fused-ring (bicyclic) bond motifs is 1. The molecule has 6 rings (SSSR count). The van der Waals surface area contributed by atoms with Crippen molar-refractivity contribution in [2.75, 3.05) is 0 Å². The lowest BCUT2D eigenvalue weighted by atomic mass is 9.53. The number of aromatic nitrogens is 4. The number of aryl methyl sites for hydroxylation is 2. The number of nitrogens with zero attached hydrogens (tertiary/aromatic N) is 4. The summed E-state index contributed by atoms with van der Waals surface area (Å²) in [6.45, 7) is 0.356. The molecule has 0 unspecified atom stereocenters. The molecule has 0 saturated heterocycles. The summed E-state index contributed by atoms with van der Waals surface area (Å²) in [6.07, 6.45) is 10.9. The Morgan fingerprint density at radius 1 is 1.23 bits per heavy atom. The van der Waals surface area contributed by atoms with Gasteiger partial charge in [0.15, 0.2) is 5.65 Å². The summed E-state index contributed by atoms with van der Waals surface area (Å²) in [5.41, 5.74) is 0.470. The Labute approximate surface area is 151 Å². The van der Waals surface area contributed by atoms with Gasteiger partial charge in [-0.05, 0) is 56.3 Å². The molecular weight excluding hydrogens is 330 g/mol. The third-order valence-electron chi connectivity index (χ3n) is 6.74. The molecular formula is C19H25N5O2. The Morgan fingerprint density at radius 2 is 1.88 bits per heavy atom. The Balaban J connectivity index is 1.27. The number of nitrogens with one attached hydrogen (secondary N) is 1. The van der Waals surface area contributed by atoms with Gasteiger partial charge >= 0.3 is 0 Å². The van der Waals surface area contributed by atoms with Crippen LogP contribution in [0.1, 0.15) is 44.9 Å². The topological polar surface area (TPSA) is 81.8 Å². The fraction of sp³-hybridized carbons (Fsp3) is 0.684. The predicted octanol–water partition coefficient (Wildman–Crippen LogP) is 1.61. The van der Waals surface area contributed by atoms with Gasteiger partial charge in [0.1, 0.15) is 5.39 Å². The highest BCUT2D eigenvalue weighted by Crippen LogP contribution is 2.55. The third kappa shape index (κ3) is 2.56. The molecule has 7 nitrogen and oxygen atoms in total. The minimum absolute atomic E-state index is 0.0301. The first-order valence-electron chi connectivity index (χ1n) is 9.69. The van der Waals surface area contributed by atoms with Gasteiger partial charge in [0.05, 0.1) is 12.5 Å². The minimum Gasteiger partial charge on any atom is -0.351 e. The summed E-state index contributed by atoms with van der Waals surface area (Å²) in [6, 6.07) is 0. The zero-order chi connectivity index (χ0) is 17.9. The molecule has 2 aromatic heterocycles. The van der Waals surface area contributed by atoms with Crippen molar-refractivity contribution in [3.8, 4) is 0 Å². The number of hydrogen-bond donors (Lipinski definition) is 1. The van der Waals surface area contributed by atoms with E-state index in [0.717, 1.165) is 37.0 Å². The minimum atomic E-state index is -0.134. The molecule has 4 fully saturated rings. The molecule has 4 saturated carbocycles. The predicted molar refractivity (Wildman–Crippen MR) is 96.4 cm³/mol. The fourth-order valence-corrected chi connectivity index (χ4v) is 6.07. The van der Waals surface area contributed by atoms with Crippen LogP contribution in [0.25, 0.3) is 11.0 Å². The standard InChI is InChI=1S/C19H25N5O2/c1-23-17-15(10-21-23)18(26)24(11-20-17)3-2-16(25)22-19-7-12-4-13(8-19)6-14(5-12)9-19/h10-14H,2-9H2,1H3,(H,22,25). The van der Waals surface area contributed by atoms with Crippen LogP contribution < -0.4 is 10.9 Å². The maximum absolute atomic E-state index is 12.6. The number of carbonyl (C=O) groups is 1. The highest BCUT2D eigenvalue weighted by atomic mass is 16.2. The van der Waals surface area contributed by atoms with Gasteiger partial charge in [-0.25, -0.2) is 4.98 Å². The maximum atomic E-state index is 12.6. The summed E-state index contributed by atoms with van der Waals surface area (Å²) < 4.78 is 3.10. The Hall–Kier alpha value is -2.18. The Kier molecular flexibility index (Phi) is 3.49. The zero-order valence-corrected chi connectivity index (χ0v) is 15.1. The summed E-state index contributed by atoms with van der Waals surface area (Å²) in [7, 11) is 1.76. The summed E-state index contributed by atoms with van der Waals surface area (Å²) in [5.74, 6) is 2.48. The van der Waals surface area contributed by atoms with E-state index in [1.807, 2.05) is 0 Å². The van der Waals surface area contributed by atoms with E-state index in [1.165, 1.54) is 36.4 Å². The second kappa shape index (κ2) is 5.66. The molecule has 1 amide bonds. The van der Waals surface area contributed by atoms with Crippen LogP contribution in [0.2, 0.25) is 0 Å². The third-order valence-corrected chi connectivity index (χ3v) is 6.74. The monoisotopic (exact) mass is 355 g/mol. The summed E-state index contributed by atoms with van der Waals surface area (Å²) >= 11 is 0.